The molecule has 0 spiro atoms. The van der Waals surface area contributed by atoms with Gasteiger partial charge in [0, 0.05) is 0 Å². The van der Waals surface area contributed by atoms with Crippen molar-refractivity contribution in [1.82, 2.24) is 0 Å². The van der Waals surface area contributed by atoms with Crippen LogP contribution in [0.1, 0.15) is 38.5 Å². The van der Waals surface area contributed by atoms with Crippen LogP contribution in [0.15, 0.2) is 0 Å². The van der Waals surface area contributed by atoms with Crippen molar-refractivity contribution in [2.75, 3.05) is 0 Å². The first-order valence-corrected chi connectivity index (χ1v) is 10.1. The van der Waals surface area contributed by atoms with Crippen LogP contribution in [-0.2, 0) is 4.43 Å². The second-order valence-electron chi connectivity index (χ2n) is 7.00. The Balaban J connectivity index is 1.71. The Bertz CT molecular complexity index is 270. The van der Waals surface area contributed by atoms with Crippen LogP contribution in [0, 0.1) is 17.8 Å². The van der Waals surface area contributed by atoms with Crippen LogP contribution in [0.5, 0.6) is 0 Å². The Morgan fingerprint density at radius 2 is 2.00 bits per heavy atom. The summed E-state index contributed by atoms with van der Waals surface area (Å²) in [4.78, 5) is 0. The fourth-order valence-corrected chi connectivity index (χ4v) is 5.40. The van der Waals surface area contributed by atoms with Gasteiger partial charge in [0.05, 0.1) is 5.60 Å². The van der Waals surface area contributed by atoms with Gasteiger partial charge in [-0.15, -0.1) is 0 Å². The van der Waals surface area contributed by atoms with Crippen LogP contribution in [0.2, 0.25) is 19.6 Å². The maximum absolute atomic E-state index is 6.51. The SMILES string of the molecule is C[Si](C)(C)OC12CCCCC3CC3C1C2. The number of hydrogen-bond acceptors (Lipinski definition) is 1. The van der Waals surface area contributed by atoms with E-state index in [0.29, 0.717) is 5.60 Å². The van der Waals surface area contributed by atoms with Gasteiger partial charge in [-0.1, -0.05) is 19.3 Å². The highest BCUT2D eigenvalue weighted by atomic mass is 28.4. The van der Waals surface area contributed by atoms with Crippen LogP contribution in [0.25, 0.3) is 0 Å². The quantitative estimate of drug-likeness (QED) is 0.648. The zero-order valence-electron chi connectivity index (χ0n) is 10.4. The minimum absolute atomic E-state index is 0.379. The zero-order chi connectivity index (χ0) is 10.7. The van der Waals surface area contributed by atoms with Crippen LogP contribution >= 0.6 is 0 Å². The second kappa shape index (κ2) is 3.10. The lowest BCUT2D eigenvalue weighted by Crippen LogP contribution is -2.35. The monoisotopic (exact) mass is 224 g/mol. The average molecular weight is 224 g/mol. The van der Waals surface area contributed by atoms with E-state index < -0.39 is 8.32 Å². The molecule has 4 unspecified atom stereocenters. The molecule has 86 valence electrons. The predicted octanol–water partition coefficient (Wildman–Crippen LogP) is 3.81. The van der Waals surface area contributed by atoms with Gasteiger partial charge in [-0.05, 0) is 56.7 Å². The van der Waals surface area contributed by atoms with Crippen LogP contribution in [-0.4, -0.2) is 13.9 Å². The summed E-state index contributed by atoms with van der Waals surface area (Å²) >= 11 is 0. The van der Waals surface area contributed by atoms with Crippen molar-refractivity contribution in [2.45, 2.75) is 63.8 Å². The summed E-state index contributed by atoms with van der Waals surface area (Å²) in [5.74, 6) is 3.14. The first kappa shape index (κ1) is 10.3. The Kier molecular flexibility index (Phi) is 2.14. The zero-order valence-corrected chi connectivity index (χ0v) is 11.4. The lowest BCUT2D eigenvalue weighted by atomic mass is 9.99. The molecule has 0 aromatic carbocycles. The highest BCUT2D eigenvalue weighted by Gasteiger charge is 2.64. The van der Waals surface area contributed by atoms with E-state index in [4.69, 9.17) is 4.43 Å². The first-order chi connectivity index (χ1) is 7.00. The van der Waals surface area contributed by atoms with Gasteiger partial charge >= 0.3 is 0 Å². The van der Waals surface area contributed by atoms with Crippen molar-refractivity contribution in [3.05, 3.63) is 0 Å². The summed E-state index contributed by atoms with van der Waals surface area (Å²) in [6.07, 6.45) is 8.70. The topological polar surface area (TPSA) is 9.23 Å². The van der Waals surface area contributed by atoms with Gasteiger partial charge < -0.3 is 4.43 Å². The van der Waals surface area contributed by atoms with Gasteiger partial charge in [-0.2, -0.15) is 0 Å². The molecule has 3 rings (SSSR count). The van der Waals surface area contributed by atoms with Crippen molar-refractivity contribution in [3.8, 4) is 0 Å². The molecule has 0 amide bonds. The molecule has 0 aromatic rings. The van der Waals surface area contributed by atoms with Gasteiger partial charge in [-0.3, -0.25) is 0 Å². The van der Waals surface area contributed by atoms with Crippen molar-refractivity contribution in [3.63, 3.8) is 0 Å². The summed E-state index contributed by atoms with van der Waals surface area (Å²) in [7, 11) is -1.33. The standard InChI is InChI=1S/C13H24OSi/c1-15(2,3)14-13-7-5-4-6-10-8-11(10)12(13)9-13/h10-12H,4-9H2,1-3H3. The van der Waals surface area contributed by atoms with Gasteiger partial charge in [0.25, 0.3) is 0 Å². The Labute approximate surface area is 94.7 Å². The fraction of sp³-hybridized carbons (Fsp3) is 1.00. The summed E-state index contributed by atoms with van der Waals surface area (Å²) < 4.78 is 6.51. The molecule has 3 saturated carbocycles. The minimum atomic E-state index is -1.33. The predicted molar refractivity (Wildman–Crippen MR) is 65.3 cm³/mol. The largest absolute Gasteiger partial charge is 0.412 e. The number of rotatable bonds is 2. The molecule has 15 heavy (non-hydrogen) atoms. The van der Waals surface area contributed by atoms with Crippen molar-refractivity contribution in [1.29, 1.82) is 0 Å². The highest BCUT2D eigenvalue weighted by Crippen LogP contribution is 2.66. The van der Waals surface area contributed by atoms with E-state index in [1.807, 2.05) is 0 Å². The molecule has 2 heteroatoms. The van der Waals surface area contributed by atoms with Gasteiger partial charge in [0.1, 0.15) is 0 Å². The van der Waals surface area contributed by atoms with Gasteiger partial charge in [-0.25, -0.2) is 0 Å². The molecular weight excluding hydrogens is 200 g/mol. The molecule has 0 radical (unpaired) electrons. The molecule has 3 aliphatic rings. The highest BCUT2D eigenvalue weighted by molar-refractivity contribution is 6.69. The van der Waals surface area contributed by atoms with Gasteiger partial charge in [0.2, 0.25) is 0 Å². The smallest absolute Gasteiger partial charge is 0.184 e. The molecule has 0 aromatic heterocycles. The van der Waals surface area contributed by atoms with Crippen molar-refractivity contribution >= 4 is 8.32 Å². The maximum Gasteiger partial charge on any atom is 0.184 e. The van der Waals surface area contributed by atoms with E-state index in [9.17, 15) is 0 Å². The average Bonchev–Trinajstić information content (AvgIpc) is 2.92. The number of hydrogen-bond donors (Lipinski definition) is 0. The van der Waals surface area contributed by atoms with Crippen LogP contribution in [0.4, 0.5) is 0 Å². The van der Waals surface area contributed by atoms with Gasteiger partial charge in [0.15, 0.2) is 8.32 Å². The molecule has 3 aliphatic carbocycles. The maximum atomic E-state index is 6.51. The van der Waals surface area contributed by atoms with E-state index in [1.165, 1.54) is 38.5 Å². The molecule has 1 nitrogen and oxygen atoms in total. The lowest BCUT2D eigenvalue weighted by Gasteiger charge is -2.28. The lowest BCUT2D eigenvalue weighted by molar-refractivity contribution is 0.127. The summed E-state index contributed by atoms with van der Waals surface area (Å²) in [6.45, 7) is 7.04. The van der Waals surface area contributed by atoms with E-state index in [2.05, 4.69) is 19.6 Å². The summed E-state index contributed by atoms with van der Waals surface area (Å²) in [5.41, 5.74) is 0.379. The second-order valence-corrected chi connectivity index (χ2v) is 11.4. The van der Waals surface area contributed by atoms with Crippen molar-refractivity contribution < 1.29 is 4.43 Å². The molecule has 0 saturated heterocycles. The molecule has 0 bridgehead atoms. The molecule has 3 fully saturated rings. The number of fused-ring (bicyclic) bond motifs is 3. The van der Waals surface area contributed by atoms with Crippen molar-refractivity contribution in [2.24, 2.45) is 17.8 Å². The molecule has 0 aliphatic heterocycles. The summed E-state index contributed by atoms with van der Waals surface area (Å²) in [5, 5.41) is 0. The van der Waals surface area contributed by atoms with E-state index >= 15 is 0 Å². The molecule has 4 atom stereocenters. The molecule has 0 heterocycles. The first-order valence-electron chi connectivity index (χ1n) is 6.70. The molecule has 0 N–H and O–H groups in total. The van der Waals surface area contributed by atoms with Crippen LogP contribution < -0.4 is 0 Å². The summed E-state index contributed by atoms with van der Waals surface area (Å²) in [6, 6.07) is 0. The third-order valence-corrected chi connectivity index (χ3v) is 5.53. The fourth-order valence-electron chi connectivity index (χ4n) is 3.85. The minimum Gasteiger partial charge on any atom is -0.412 e. The Morgan fingerprint density at radius 1 is 1.20 bits per heavy atom. The normalized spacial score (nSPS) is 48.6. The Morgan fingerprint density at radius 3 is 2.73 bits per heavy atom. The van der Waals surface area contributed by atoms with E-state index in [1.54, 1.807) is 0 Å². The van der Waals surface area contributed by atoms with Crippen LogP contribution in [0.3, 0.4) is 0 Å². The van der Waals surface area contributed by atoms with E-state index in [0.717, 1.165) is 17.8 Å². The van der Waals surface area contributed by atoms with E-state index in [-0.39, 0.29) is 0 Å². The third kappa shape index (κ3) is 1.91. The molecular formula is C13H24OSi. The third-order valence-electron chi connectivity index (χ3n) is 4.51. The Hall–Kier alpha value is 0.177.